The molecule has 0 aromatic heterocycles. The highest BCUT2D eigenvalue weighted by molar-refractivity contribution is 6.31. The topological polar surface area (TPSA) is 59.6 Å². The van der Waals surface area contributed by atoms with Crippen molar-refractivity contribution in [3.63, 3.8) is 0 Å². The first kappa shape index (κ1) is 16.1. The van der Waals surface area contributed by atoms with Crippen LogP contribution in [0.1, 0.15) is 24.5 Å². The van der Waals surface area contributed by atoms with Crippen molar-refractivity contribution in [2.45, 2.75) is 25.0 Å². The second kappa shape index (κ2) is 8.22. The molecule has 2 rings (SSSR count). The van der Waals surface area contributed by atoms with Gasteiger partial charge in [0.1, 0.15) is 6.10 Å². The minimum atomic E-state index is -0.265. The lowest BCUT2D eigenvalue weighted by Crippen LogP contribution is -2.45. The third-order valence-corrected chi connectivity index (χ3v) is 3.89. The third kappa shape index (κ3) is 4.88. The van der Waals surface area contributed by atoms with Gasteiger partial charge >= 0.3 is 6.03 Å². The lowest BCUT2D eigenvalue weighted by Gasteiger charge is -2.24. The molecule has 116 valence electrons. The van der Waals surface area contributed by atoms with Crippen LogP contribution in [0.2, 0.25) is 5.02 Å². The number of urea groups is 1. The number of nitrogens with one attached hydrogen (secondary N) is 2. The normalized spacial score (nSPS) is 17.2. The van der Waals surface area contributed by atoms with Crippen molar-refractivity contribution in [1.29, 1.82) is 0 Å². The Bertz CT molecular complexity index is 464. The Morgan fingerprint density at radius 1 is 1.43 bits per heavy atom. The van der Waals surface area contributed by atoms with Gasteiger partial charge in [0.05, 0.1) is 0 Å². The molecule has 1 atom stereocenters. The summed E-state index contributed by atoms with van der Waals surface area (Å²) >= 11 is 6.15. The Hall–Kier alpha value is -1.30. The molecule has 0 radical (unpaired) electrons. The van der Waals surface area contributed by atoms with Gasteiger partial charge in [-0.3, -0.25) is 0 Å². The van der Waals surface area contributed by atoms with Gasteiger partial charge < -0.3 is 20.1 Å². The highest BCUT2D eigenvalue weighted by Gasteiger charge is 2.18. The summed E-state index contributed by atoms with van der Waals surface area (Å²) in [6.45, 7) is 1.77. The van der Waals surface area contributed by atoms with Crippen LogP contribution in [-0.2, 0) is 9.47 Å². The number of hydrogen-bond donors (Lipinski definition) is 2. The van der Waals surface area contributed by atoms with Gasteiger partial charge in [0.25, 0.3) is 0 Å². The van der Waals surface area contributed by atoms with Crippen LogP contribution in [-0.4, -0.2) is 38.9 Å². The summed E-state index contributed by atoms with van der Waals surface area (Å²) in [4.78, 5) is 11.9. The van der Waals surface area contributed by atoms with Gasteiger partial charge in [0, 0.05) is 43.5 Å². The summed E-state index contributed by atoms with van der Waals surface area (Å²) in [5.74, 6) is 0. The Morgan fingerprint density at radius 3 is 2.81 bits per heavy atom. The van der Waals surface area contributed by atoms with Crippen LogP contribution >= 0.6 is 11.6 Å². The number of hydrogen-bond acceptors (Lipinski definition) is 3. The fourth-order valence-corrected chi connectivity index (χ4v) is 2.58. The molecule has 6 heteroatoms. The lowest BCUT2D eigenvalue weighted by molar-refractivity contribution is 0.0791. The van der Waals surface area contributed by atoms with Gasteiger partial charge in [0.15, 0.2) is 0 Å². The molecule has 5 nitrogen and oxygen atoms in total. The van der Waals surface area contributed by atoms with E-state index in [4.69, 9.17) is 21.1 Å². The maximum atomic E-state index is 11.9. The van der Waals surface area contributed by atoms with E-state index < -0.39 is 0 Å². The van der Waals surface area contributed by atoms with Crippen LogP contribution in [0.25, 0.3) is 0 Å². The zero-order chi connectivity index (χ0) is 15.1. The van der Waals surface area contributed by atoms with Crippen molar-refractivity contribution < 1.29 is 14.3 Å². The second-order valence-corrected chi connectivity index (χ2v) is 5.39. The van der Waals surface area contributed by atoms with Crippen LogP contribution in [0, 0.1) is 0 Å². The maximum Gasteiger partial charge on any atom is 0.315 e. The molecule has 0 spiro atoms. The molecule has 2 N–H and O–H groups in total. The zero-order valence-electron chi connectivity index (χ0n) is 12.1. The van der Waals surface area contributed by atoms with E-state index in [-0.39, 0.29) is 18.2 Å². The van der Waals surface area contributed by atoms with E-state index >= 15 is 0 Å². The third-order valence-electron chi connectivity index (χ3n) is 3.54. The van der Waals surface area contributed by atoms with E-state index in [1.807, 2.05) is 24.3 Å². The number of carbonyl (C=O) groups is 1. The summed E-state index contributed by atoms with van der Waals surface area (Å²) in [6.07, 6.45) is 1.44. The molecule has 1 aromatic rings. The Morgan fingerprint density at radius 2 is 2.14 bits per heavy atom. The molecular formula is C15H21ClN2O3. The smallest absolute Gasteiger partial charge is 0.315 e. The predicted octanol–water partition coefficient (Wildman–Crippen LogP) is 2.51. The van der Waals surface area contributed by atoms with E-state index in [0.29, 0.717) is 24.8 Å². The zero-order valence-corrected chi connectivity index (χ0v) is 12.9. The fourth-order valence-electron chi connectivity index (χ4n) is 2.32. The van der Waals surface area contributed by atoms with Gasteiger partial charge in [-0.15, -0.1) is 0 Å². The molecule has 2 amide bonds. The minimum absolute atomic E-state index is 0.181. The van der Waals surface area contributed by atoms with Crippen LogP contribution in [0.5, 0.6) is 0 Å². The van der Waals surface area contributed by atoms with E-state index in [2.05, 4.69) is 10.6 Å². The fraction of sp³-hybridized carbons (Fsp3) is 0.533. The molecule has 1 aliphatic rings. The molecule has 1 aromatic carbocycles. The van der Waals surface area contributed by atoms with Gasteiger partial charge in [0.2, 0.25) is 0 Å². The van der Waals surface area contributed by atoms with E-state index in [1.54, 1.807) is 7.11 Å². The first-order valence-electron chi connectivity index (χ1n) is 7.10. The molecule has 1 heterocycles. The monoisotopic (exact) mass is 312 g/mol. The molecular weight excluding hydrogens is 292 g/mol. The molecule has 0 aliphatic carbocycles. The van der Waals surface area contributed by atoms with Gasteiger partial charge in [-0.1, -0.05) is 29.8 Å². The van der Waals surface area contributed by atoms with Crippen LogP contribution in [0.4, 0.5) is 4.79 Å². The van der Waals surface area contributed by atoms with Crippen molar-refractivity contribution in [2.75, 3.05) is 26.9 Å². The van der Waals surface area contributed by atoms with Gasteiger partial charge in [-0.05, 0) is 18.9 Å². The Balaban J connectivity index is 1.82. The molecule has 21 heavy (non-hydrogen) atoms. The average Bonchev–Trinajstić information content (AvgIpc) is 2.50. The first-order valence-corrected chi connectivity index (χ1v) is 7.48. The molecule has 1 aliphatic heterocycles. The van der Waals surface area contributed by atoms with Crippen molar-refractivity contribution in [2.24, 2.45) is 0 Å². The van der Waals surface area contributed by atoms with E-state index in [1.165, 1.54) is 0 Å². The lowest BCUT2D eigenvalue weighted by atomic mass is 10.1. The summed E-state index contributed by atoms with van der Waals surface area (Å²) < 4.78 is 10.7. The highest BCUT2D eigenvalue weighted by atomic mass is 35.5. The van der Waals surface area contributed by atoms with E-state index in [9.17, 15) is 4.79 Å². The average molecular weight is 313 g/mol. The van der Waals surface area contributed by atoms with Crippen LogP contribution < -0.4 is 10.6 Å². The quantitative estimate of drug-likeness (QED) is 0.878. The summed E-state index contributed by atoms with van der Waals surface area (Å²) in [5, 5.41) is 6.41. The molecule has 1 fully saturated rings. The first-order chi connectivity index (χ1) is 10.2. The Kier molecular flexibility index (Phi) is 6.29. The molecule has 1 saturated heterocycles. The van der Waals surface area contributed by atoms with Crippen molar-refractivity contribution in [3.05, 3.63) is 34.9 Å². The van der Waals surface area contributed by atoms with Crippen LogP contribution in [0.15, 0.2) is 24.3 Å². The van der Waals surface area contributed by atoms with Crippen molar-refractivity contribution in [3.8, 4) is 0 Å². The summed E-state index contributed by atoms with van der Waals surface area (Å²) in [5.41, 5.74) is 0.869. The second-order valence-electron chi connectivity index (χ2n) is 4.99. The Labute approximate surface area is 130 Å². The van der Waals surface area contributed by atoms with Crippen LogP contribution in [0.3, 0.4) is 0 Å². The number of benzene rings is 1. The standard InChI is InChI=1S/C15H21ClN2O3/c1-20-14(12-4-2-3-5-13(12)16)10-17-15(19)18-11-6-8-21-9-7-11/h2-5,11,14H,6-10H2,1H3,(H2,17,18,19). The largest absolute Gasteiger partial charge is 0.381 e. The molecule has 0 bridgehead atoms. The van der Waals surface area contributed by atoms with E-state index in [0.717, 1.165) is 18.4 Å². The highest BCUT2D eigenvalue weighted by Crippen LogP contribution is 2.24. The number of amides is 2. The SMILES string of the molecule is COC(CNC(=O)NC1CCOCC1)c1ccccc1Cl. The molecule has 1 unspecified atom stereocenters. The van der Waals surface area contributed by atoms with Gasteiger partial charge in [-0.25, -0.2) is 4.79 Å². The number of ether oxygens (including phenoxy) is 2. The van der Waals surface area contributed by atoms with Crippen molar-refractivity contribution >= 4 is 17.6 Å². The number of halogens is 1. The summed E-state index contributed by atoms with van der Waals surface area (Å²) in [6, 6.07) is 7.47. The number of rotatable bonds is 5. The number of carbonyl (C=O) groups excluding carboxylic acids is 1. The summed E-state index contributed by atoms with van der Waals surface area (Å²) in [7, 11) is 1.60. The predicted molar refractivity (Wildman–Crippen MR) is 81.6 cm³/mol. The minimum Gasteiger partial charge on any atom is -0.381 e. The number of methoxy groups -OCH3 is 1. The maximum absolute atomic E-state index is 11.9. The molecule has 0 saturated carbocycles. The van der Waals surface area contributed by atoms with Crippen molar-refractivity contribution in [1.82, 2.24) is 10.6 Å². The van der Waals surface area contributed by atoms with Gasteiger partial charge in [-0.2, -0.15) is 0 Å².